The highest BCUT2D eigenvalue weighted by Gasteiger charge is 2.34. The van der Waals surface area contributed by atoms with Gasteiger partial charge in [0.15, 0.2) is 5.96 Å². The summed E-state index contributed by atoms with van der Waals surface area (Å²) in [5.74, 6) is 2.09. The SMILES string of the molecule is CC1=CC(C)CC(C2CN=C(N)N2Cc2cccs2)C1. The number of aliphatic imine (C=N–C) groups is 1. The molecule has 3 unspecified atom stereocenters. The van der Waals surface area contributed by atoms with Crippen molar-refractivity contribution in [2.45, 2.75) is 39.3 Å². The van der Waals surface area contributed by atoms with Crippen LogP contribution in [0.15, 0.2) is 34.2 Å². The monoisotopic (exact) mass is 289 g/mol. The fraction of sp³-hybridized carbons (Fsp3) is 0.562. The Morgan fingerprint density at radius 2 is 2.35 bits per heavy atom. The number of guanidine groups is 1. The smallest absolute Gasteiger partial charge is 0.191 e. The second kappa shape index (κ2) is 5.60. The molecule has 2 N–H and O–H groups in total. The molecule has 0 saturated heterocycles. The molecule has 0 fully saturated rings. The maximum atomic E-state index is 6.13. The molecule has 4 heteroatoms. The third-order valence-electron chi connectivity index (χ3n) is 4.41. The second-order valence-corrected chi connectivity index (χ2v) is 7.20. The molecule has 0 spiro atoms. The van der Waals surface area contributed by atoms with Crippen molar-refractivity contribution in [1.82, 2.24) is 4.90 Å². The lowest BCUT2D eigenvalue weighted by Gasteiger charge is -2.36. The first-order valence-electron chi connectivity index (χ1n) is 7.39. The summed E-state index contributed by atoms with van der Waals surface area (Å²) in [5, 5.41) is 2.13. The average molecular weight is 289 g/mol. The van der Waals surface area contributed by atoms with Gasteiger partial charge in [-0.25, -0.2) is 0 Å². The molecule has 0 radical (unpaired) electrons. The van der Waals surface area contributed by atoms with Crippen LogP contribution in [0.5, 0.6) is 0 Å². The summed E-state index contributed by atoms with van der Waals surface area (Å²) >= 11 is 1.80. The highest BCUT2D eigenvalue weighted by atomic mass is 32.1. The van der Waals surface area contributed by atoms with Gasteiger partial charge in [0.25, 0.3) is 0 Å². The number of hydrogen-bond donors (Lipinski definition) is 1. The molecule has 1 aromatic rings. The van der Waals surface area contributed by atoms with E-state index in [9.17, 15) is 0 Å². The first-order valence-corrected chi connectivity index (χ1v) is 8.27. The number of nitrogens with zero attached hydrogens (tertiary/aromatic N) is 2. The van der Waals surface area contributed by atoms with E-state index in [4.69, 9.17) is 5.73 Å². The molecule has 0 saturated carbocycles. The normalized spacial score (nSPS) is 30.3. The summed E-state index contributed by atoms with van der Waals surface area (Å²) in [4.78, 5) is 8.20. The minimum absolute atomic E-state index is 0.475. The van der Waals surface area contributed by atoms with E-state index in [1.807, 2.05) is 0 Å². The van der Waals surface area contributed by atoms with Crippen LogP contribution >= 0.6 is 11.3 Å². The molecule has 3 atom stereocenters. The van der Waals surface area contributed by atoms with Gasteiger partial charge in [0.2, 0.25) is 0 Å². The predicted octanol–water partition coefficient (Wildman–Crippen LogP) is 3.24. The maximum absolute atomic E-state index is 6.13. The van der Waals surface area contributed by atoms with Crippen molar-refractivity contribution < 1.29 is 0 Å². The van der Waals surface area contributed by atoms with Crippen molar-refractivity contribution in [1.29, 1.82) is 0 Å². The van der Waals surface area contributed by atoms with Crippen molar-refractivity contribution in [3.05, 3.63) is 34.0 Å². The van der Waals surface area contributed by atoms with E-state index in [-0.39, 0.29) is 0 Å². The molecule has 2 heterocycles. The third kappa shape index (κ3) is 2.75. The molecule has 0 amide bonds. The molecule has 0 aromatic carbocycles. The van der Waals surface area contributed by atoms with Gasteiger partial charge in [0.05, 0.1) is 19.1 Å². The van der Waals surface area contributed by atoms with Crippen LogP contribution in [0.25, 0.3) is 0 Å². The molecule has 3 rings (SSSR count). The van der Waals surface area contributed by atoms with Gasteiger partial charge in [-0.1, -0.05) is 24.6 Å². The molecule has 2 aliphatic rings. The van der Waals surface area contributed by atoms with Gasteiger partial charge in [-0.05, 0) is 43.0 Å². The van der Waals surface area contributed by atoms with Crippen LogP contribution in [0, 0.1) is 11.8 Å². The van der Waals surface area contributed by atoms with Crippen LogP contribution in [0.2, 0.25) is 0 Å². The average Bonchev–Trinajstić information content (AvgIpc) is 3.00. The Kier molecular flexibility index (Phi) is 3.83. The van der Waals surface area contributed by atoms with E-state index in [0.717, 1.165) is 19.0 Å². The molecule has 1 aliphatic heterocycles. The van der Waals surface area contributed by atoms with E-state index in [1.54, 1.807) is 11.3 Å². The Balaban J connectivity index is 1.74. The number of hydrogen-bond acceptors (Lipinski definition) is 4. The zero-order valence-corrected chi connectivity index (χ0v) is 13.1. The summed E-state index contributed by atoms with van der Waals surface area (Å²) in [5.41, 5.74) is 7.65. The van der Waals surface area contributed by atoms with Gasteiger partial charge in [-0.3, -0.25) is 4.99 Å². The minimum Gasteiger partial charge on any atom is -0.370 e. The molecule has 108 valence electrons. The largest absolute Gasteiger partial charge is 0.370 e. The standard InChI is InChI=1S/C16H23N3S/c1-11-6-12(2)8-13(7-11)15-9-18-16(17)19(15)10-14-4-3-5-20-14/h3-6,11,13,15H,7-10H2,1-2H3,(H2,17,18). The molecule has 1 aromatic heterocycles. The quantitative estimate of drug-likeness (QED) is 0.868. The van der Waals surface area contributed by atoms with Crippen LogP contribution in [0.4, 0.5) is 0 Å². The topological polar surface area (TPSA) is 41.6 Å². The van der Waals surface area contributed by atoms with Crippen molar-refractivity contribution in [2.24, 2.45) is 22.6 Å². The minimum atomic E-state index is 0.475. The van der Waals surface area contributed by atoms with Crippen LogP contribution < -0.4 is 5.73 Å². The zero-order chi connectivity index (χ0) is 14.1. The summed E-state index contributed by atoms with van der Waals surface area (Å²) < 4.78 is 0. The van der Waals surface area contributed by atoms with Crippen LogP contribution in [-0.2, 0) is 6.54 Å². The number of thiophene rings is 1. The summed E-state index contributed by atoms with van der Waals surface area (Å²) in [6.45, 7) is 6.34. The number of allylic oxidation sites excluding steroid dienone is 2. The second-order valence-electron chi connectivity index (χ2n) is 6.16. The molecule has 1 aliphatic carbocycles. The van der Waals surface area contributed by atoms with Crippen molar-refractivity contribution >= 4 is 17.3 Å². The summed E-state index contributed by atoms with van der Waals surface area (Å²) in [6, 6.07) is 4.76. The summed E-state index contributed by atoms with van der Waals surface area (Å²) in [6.07, 6.45) is 4.86. The molecule has 3 nitrogen and oxygen atoms in total. The maximum Gasteiger partial charge on any atom is 0.191 e. The Morgan fingerprint density at radius 1 is 1.50 bits per heavy atom. The Labute approximate surface area is 125 Å². The first-order chi connectivity index (χ1) is 9.63. The Bertz CT molecular complexity index is 518. The Hall–Kier alpha value is -1.29. The lowest BCUT2D eigenvalue weighted by atomic mass is 9.79. The van der Waals surface area contributed by atoms with E-state index < -0.39 is 0 Å². The highest BCUT2D eigenvalue weighted by molar-refractivity contribution is 7.09. The van der Waals surface area contributed by atoms with Gasteiger partial charge in [-0.15, -0.1) is 11.3 Å². The molecule has 20 heavy (non-hydrogen) atoms. The highest BCUT2D eigenvalue weighted by Crippen LogP contribution is 2.34. The van der Waals surface area contributed by atoms with Crippen molar-refractivity contribution in [3.63, 3.8) is 0 Å². The zero-order valence-electron chi connectivity index (χ0n) is 12.2. The van der Waals surface area contributed by atoms with E-state index in [1.165, 1.54) is 23.3 Å². The van der Waals surface area contributed by atoms with Crippen LogP contribution in [-0.4, -0.2) is 23.4 Å². The van der Waals surface area contributed by atoms with Gasteiger partial charge >= 0.3 is 0 Å². The van der Waals surface area contributed by atoms with E-state index in [2.05, 4.69) is 47.3 Å². The van der Waals surface area contributed by atoms with E-state index >= 15 is 0 Å². The van der Waals surface area contributed by atoms with Gasteiger partial charge < -0.3 is 10.6 Å². The lowest BCUT2D eigenvalue weighted by molar-refractivity contribution is 0.214. The molecular formula is C16H23N3S. The van der Waals surface area contributed by atoms with Crippen LogP contribution in [0.1, 0.15) is 31.6 Å². The van der Waals surface area contributed by atoms with Gasteiger partial charge in [0.1, 0.15) is 0 Å². The fourth-order valence-electron chi connectivity index (χ4n) is 3.61. The number of rotatable bonds is 3. The van der Waals surface area contributed by atoms with Crippen LogP contribution in [0.3, 0.4) is 0 Å². The predicted molar refractivity (Wildman–Crippen MR) is 85.8 cm³/mol. The Morgan fingerprint density at radius 3 is 3.05 bits per heavy atom. The first kappa shape index (κ1) is 13.7. The summed E-state index contributed by atoms with van der Waals surface area (Å²) in [7, 11) is 0. The fourth-order valence-corrected chi connectivity index (χ4v) is 4.31. The lowest BCUT2D eigenvalue weighted by Crippen LogP contribution is -2.44. The van der Waals surface area contributed by atoms with E-state index in [0.29, 0.717) is 17.9 Å². The van der Waals surface area contributed by atoms with Crippen molar-refractivity contribution in [3.8, 4) is 0 Å². The molecule has 0 bridgehead atoms. The third-order valence-corrected chi connectivity index (χ3v) is 5.27. The van der Waals surface area contributed by atoms with Gasteiger partial charge in [0, 0.05) is 4.88 Å². The molecular weight excluding hydrogens is 266 g/mol. The van der Waals surface area contributed by atoms with Crippen molar-refractivity contribution in [2.75, 3.05) is 6.54 Å². The number of nitrogens with two attached hydrogens (primary N) is 1. The van der Waals surface area contributed by atoms with Gasteiger partial charge in [-0.2, -0.15) is 0 Å².